The summed E-state index contributed by atoms with van der Waals surface area (Å²) in [7, 11) is 0. The van der Waals surface area contributed by atoms with Gasteiger partial charge in [-0.1, -0.05) is 0 Å². The number of hydrogen-bond donors (Lipinski definition) is 2. The highest BCUT2D eigenvalue weighted by atomic mass is 15.2. The second kappa shape index (κ2) is 4.71. The SMILES string of the molecule is Cc1ccn2c(C[NH+]3CC[NH2+]CC3)c(C)nc2c1. The maximum Gasteiger partial charge on any atom is 0.137 e. The van der Waals surface area contributed by atoms with Gasteiger partial charge in [0.05, 0.1) is 11.4 Å². The first kappa shape index (κ1) is 11.7. The number of imidazole rings is 1. The third-order valence-corrected chi connectivity index (χ3v) is 3.90. The summed E-state index contributed by atoms with van der Waals surface area (Å²) in [5.74, 6) is 0. The van der Waals surface area contributed by atoms with Gasteiger partial charge in [0.1, 0.15) is 38.4 Å². The van der Waals surface area contributed by atoms with Gasteiger partial charge in [-0.3, -0.25) is 4.40 Å². The molecular formula is C14H22N4+2. The molecule has 3 heterocycles. The molecule has 0 unspecified atom stereocenters. The fraction of sp³-hybridized carbons (Fsp3) is 0.500. The van der Waals surface area contributed by atoms with Gasteiger partial charge in [0.25, 0.3) is 0 Å². The summed E-state index contributed by atoms with van der Waals surface area (Å²) in [5.41, 5.74) is 4.92. The summed E-state index contributed by atoms with van der Waals surface area (Å²) in [6.45, 7) is 10.4. The molecule has 3 rings (SSSR count). The zero-order valence-electron chi connectivity index (χ0n) is 11.2. The van der Waals surface area contributed by atoms with Crippen LogP contribution in [0, 0.1) is 13.8 Å². The highest BCUT2D eigenvalue weighted by molar-refractivity contribution is 5.45. The molecular weight excluding hydrogens is 224 g/mol. The van der Waals surface area contributed by atoms with E-state index >= 15 is 0 Å². The summed E-state index contributed by atoms with van der Waals surface area (Å²) < 4.78 is 2.26. The number of nitrogens with two attached hydrogens (primary N) is 1. The van der Waals surface area contributed by atoms with Crippen molar-refractivity contribution < 1.29 is 10.2 Å². The van der Waals surface area contributed by atoms with E-state index in [1.54, 1.807) is 4.90 Å². The lowest BCUT2D eigenvalue weighted by Gasteiger charge is -2.22. The summed E-state index contributed by atoms with van der Waals surface area (Å²) in [6.07, 6.45) is 2.16. The monoisotopic (exact) mass is 246 g/mol. The fourth-order valence-corrected chi connectivity index (χ4v) is 2.82. The maximum absolute atomic E-state index is 4.68. The van der Waals surface area contributed by atoms with Crippen LogP contribution in [0.3, 0.4) is 0 Å². The Balaban J connectivity index is 1.92. The average Bonchev–Trinajstić information content (AvgIpc) is 2.66. The lowest BCUT2D eigenvalue weighted by Crippen LogP contribution is -3.19. The first-order valence-corrected chi connectivity index (χ1v) is 6.83. The molecule has 96 valence electrons. The topological polar surface area (TPSA) is 38.4 Å². The number of rotatable bonds is 2. The van der Waals surface area contributed by atoms with E-state index in [1.165, 1.54) is 43.1 Å². The van der Waals surface area contributed by atoms with E-state index in [0.717, 1.165) is 12.2 Å². The van der Waals surface area contributed by atoms with Crippen molar-refractivity contribution in [3.63, 3.8) is 0 Å². The standard InChI is InChI=1S/C14H20N4/c1-11-3-6-18-13(12(2)16-14(18)9-11)10-17-7-4-15-5-8-17/h3,6,9,15H,4-5,7-8,10H2,1-2H3/p+2. The molecule has 0 aliphatic carbocycles. The Morgan fingerprint density at radius 1 is 1.33 bits per heavy atom. The molecule has 2 aromatic rings. The molecule has 0 saturated carbocycles. The molecule has 0 amide bonds. The van der Waals surface area contributed by atoms with Crippen molar-refractivity contribution in [2.45, 2.75) is 20.4 Å². The van der Waals surface area contributed by atoms with Gasteiger partial charge >= 0.3 is 0 Å². The van der Waals surface area contributed by atoms with Crippen LogP contribution in [0.15, 0.2) is 18.3 Å². The van der Waals surface area contributed by atoms with Crippen LogP contribution in [0.25, 0.3) is 5.65 Å². The van der Waals surface area contributed by atoms with Crippen LogP contribution in [0.1, 0.15) is 17.0 Å². The van der Waals surface area contributed by atoms with Crippen LogP contribution < -0.4 is 10.2 Å². The minimum absolute atomic E-state index is 1.09. The molecule has 1 fully saturated rings. The van der Waals surface area contributed by atoms with Gasteiger partial charge in [-0.15, -0.1) is 0 Å². The molecule has 18 heavy (non-hydrogen) atoms. The lowest BCUT2D eigenvalue weighted by molar-refractivity contribution is -0.958. The zero-order chi connectivity index (χ0) is 12.5. The van der Waals surface area contributed by atoms with E-state index < -0.39 is 0 Å². The quantitative estimate of drug-likeness (QED) is 0.694. The van der Waals surface area contributed by atoms with Crippen LogP contribution in [0.5, 0.6) is 0 Å². The zero-order valence-corrected chi connectivity index (χ0v) is 11.2. The minimum Gasteiger partial charge on any atom is -0.337 e. The summed E-state index contributed by atoms with van der Waals surface area (Å²) in [5, 5.41) is 2.41. The van der Waals surface area contributed by atoms with Crippen LogP contribution in [0.2, 0.25) is 0 Å². The lowest BCUT2D eigenvalue weighted by atomic mass is 10.2. The van der Waals surface area contributed by atoms with Gasteiger partial charge in [0, 0.05) is 6.20 Å². The number of aromatic nitrogens is 2. The molecule has 0 bridgehead atoms. The molecule has 0 aromatic carbocycles. The average molecular weight is 246 g/mol. The Kier molecular flexibility index (Phi) is 3.06. The first-order chi connectivity index (χ1) is 8.74. The van der Waals surface area contributed by atoms with E-state index in [4.69, 9.17) is 0 Å². The normalized spacial score (nSPS) is 17.4. The van der Waals surface area contributed by atoms with E-state index in [1.807, 2.05) is 0 Å². The molecule has 4 nitrogen and oxygen atoms in total. The molecule has 0 atom stereocenters. The second-order valence-corrected chi connectivity index (χ2v) is 5.37. The Labute approximate surface area is 108 Å². The van der Waals surface area contributed by atoms with Crippen molar-refractivity contribution in [3.05, 3.63) is 35.3 Å². The number of nitrogens with zero attached hydrogens (tertiary/aromatic N) is 2. The van der Waals surface area contributed by atoms with Gasteiger partial charge in [0.15, 0.2) is 0 Å². The fourth-order valence-electron chi connectivity index (χ4n) is 2.82. The number of nitrogens with one attached hydrogen (secondary N) is 1. The van der Waals surface area contributed by atoms with E-state index in [0.29, 0.717) is 0 Å². The first-order valence-electron chi connectivity index (χ1n) is 6.83. The molecule has 2 aromatic heterocycles. The van der Waals surface area contributed by atoms with Gasteiger partial charge in [-0.25, -0.2) is 4.98 Å². The number of hydrogen-bond acceptors (Lipinski definition) is 1. The van der Waals surface area contributed by atoms with Crippen LogP contribution in [-0.2, 0) is 6.54 Å². The minimum atomic E-state index is 1.09. The molecule has 1 aliphatic rings. The Morgan fingerprint density at radius 2 is 2.11 bits per heavy atom. The number of quaternary nitrogens is 2. The van der Waals surface area contributed by atoms with Crippen LogP contribution >= 0.6 is 0 Å². The number of piperazine rings is 1. The third-order valence-electron chi connectivity index (χ3n) is 3.90. The van der Waals surface area contributed by atoms with Crippen molar-refractivity contribution in [3.8, 4) is 0 Å². The Hall–Kier alpha value is -1.39. The largest absolute Gasteiger partial charge is 0.337 e. The molecule has 1 aliphatic heterocycles. The van der Waals surface area contributed by atoms with E-state index in [9.17, 15) is 0 Å². The highest BCUT2D eigenvalue weighted by Crippen LogP contribution is 2.12. The summed E-state index contributed by atoms with van der Waals surface area (Å²) in [4.78, 5) is 6.36. The molecule has 0 spiro atoms. The van der Waals surface area contributed by atoms with Gasteiger partial charge < -0.3 is 10.2 Å². The Morgan fingerprint density at radius 3 is 2.89 bits per heavy atom. The molecule has 4 heteroatoms. The van der Waals surface area contributed by atoms with Gasteiger partial charge in [-0.2, -0.15) is 0 Å². The summed E-state index contributed by atoms with van der Waals surface area (Å²) >= 11 is 0. The second-order valence-electron chi connectivity index (χ2n) is 5.37. The van der Waals surface area contributed by atoms with E-state index in [-0.39, 0.29) is 0 Å². The van der Waals surface area contributed by atoms with Crippen molar-refractivity contribution in [2.75, 3.05) is 26.2 Å². The Bertz CT molecular complexity index is 552. The molecule has 1 saturated heterocycles. The van der Waals surface area contributed by atoms with Gasteiger partial charge in [-0.05, 0) is 31.5 Å². The van der Waals surface area contributed by atoms with Crippen LogP contribution in [0.4, 0.5) is 0 Å². The van der Waals surface area contributed by atoms with Crippen molar-refractivity contribution in [1.82, 2.24) is 9.38 Å². The maximum atomic E-state index is 4.68. The predicted molar refractivity (Wildman–Crippen MR) is 70.7 cm³/mol. The predicted octanol–water partition coefficient (Wildman–Crippen LogP) is -1.09. The van der Waals surface area contributed by atoms with E-state index in [2.05, 4.69) is 46.9 Å². The van der Waals surface area contributed by atoms with Crippen molar-refractivity contribution in [2.24, 2.45) is 0 Å². The number of fused-ring (bicyclic) bond motifs is 1. The number of aryl methyl sites for hydroxylation is 2. The summed E-state index contributed by atoms with van der Waals surface area (Å²) in [6, 6.07) is 4.33. The smallest absolute Gasteiger partial charge is 0.137 e. The molecule has 3 N–H and O–H groups in total. The van der Waals surface area contributed by atoms with Crippen molar-refractivity contribution >= 4 is 5.65 Å². The van der Waals surface area contributed by atoms with Crippen LogP contribution in [-0.4, -0.2) is 35.6 Å². The molecule has 0 radical (unpaired) electrons. The van der Waals surface area contributed by atoms with Crippen molar-refractivity contribution in [1.29, 1.82) is 0 Å². The third kappa shape index (κ3) is 2.13. The van der Waals surface area contributed by atoms with Gasteiger partial charge in [0.2, 0.25) is 0 Å². The number of pyridine rings is 1. The highest BCUT2D eigenvalue weighted by Gasteiger charge is 2.19.